The van der Waals surface area contributed by atoms with Crippen LogP contribution >= 0.6 is 0 Å². The summed E-state index contributed by atoms with van der Waals surface area (Å²) in [5.74, 6) is 0.617. The average Bonchev–Trinajstić information content (AvgIpc) is 3.09. The van der Waals surface area contributed by atoms with Crippen molar-refractivity contribution in [1.29, 1.82) is 0 Å². The molecule has 0 unspecified atom stereocenters. The van der Waals surface area contributed by atoms with Gasteiger partial charge in [0.25, 0.3) is 5.91 Å². The van der Waals surface area contributed by atoms with E-state index in [9.17, 15) is 4.79 Å². The molecule has 1 aliphatic rings. The maximum atomic E-state index is 12.3. The average molecular weight is 324 g/mol. The third-order valence-electron chi connectivity index (χ3n) is 4.27. The van der Waals surface area contributed by atoms with Crippen LogP contribution in [-0.2, 0) is 5.41 Å². The van der Waals surface area contributed by atoms with E-state index in [1.54, 1.807) is 6.07 Å². The largest absolute Gasteiger partial charge is 0.338 e. The van der Waals surface area contributed by atoms with Crippen LogP contribution in [0.15, 0.2) is 36.4 Å². The minimum Gasteiger partial charge on any atom is -0.338 e. The molecule has 2 aromatic rings. The predicted octanol–water partition coefficient (Wildman–Crippen LogP) is 3.75. The van der Waals surface area contributed by atoms with Crippen LogP contribution < -0.4 is 5.32 Å². The topological polar surface area (TPSA) is 58.1 Å². The Hall–Kier alpha value is -2.43. The van der Waals surface area contributed by atoms with Crippen molar-refractivity contribution < 1.29 is 4.79 Å². The van der Waals surface area contributed by atoms with Gasteiger partial charge in [0, 0.05) is 18.8 Å². The highest BCUT2D eigenvalue weighted by Gasteiger charge is 2.21. The SMILES string of the molecule is CC(C)(C)c1ccccc1Nc1ccc(C(=O)N2CCCC2)nn1. The molecule has 5 nitrogen and oxygen atoms in total. The van der Waals surface area contributed by atoms with Crippen LogP contribution in [-0.4, -0.2) is 34.1 Å². The third kappa shape index (κ3) is 3.55. The van der Waals surface area contributed by atoms with Gasteiger partial charge in [-0.15, -0.1) is 10.2 Å². The van der Waals surface area contributed by atoms with Gasteiger partial charge in [-0.2, -0.15) is 0 Å². The van der Waals surface area contributed by atoms with E-state index in [-0.39, 0.29) is 11.3 Å². The summed E-state index contributed by atoms with van der Waals surface area (Å²) in [5.41, 5.74) is 2.66. The van der Waals surface area contributed by atoms with Crippen LogP contribution in [0, 0.1) is 0 Å². The summed E-state index contributed by atoms with van der Waals surface area (Å²) in [4.78, 5) is 14.1. The first-order valence-corrected chi connectivity index (χ1v) is 8.45. The predicted molar refractivity (Wildman–Crippen MR) is 95.6 cm³/mol. The van der Waals surface area contributed by atoms with Crippen molar-refractivity contribution in [2.24, 2.45) is 0 Å². The van der Waals surface area contributed by atoms with Gasteiger partial charge in [-0.1, -0.05) is 39.0 Å². The van der Waals surface area contributed by atoms with Crippen molar-refractivity contribution in [3.8, 4) is 0 Å². The van der Waals surface area contributed by atoms with Crippen molar-refractivity contribution in [3.63, 3.8) is 0 Å². The summed E-state index contributed by atoms with van der Waals surface area (Å²) >= 11 is 0. The molecule has 0 atom stereocenters. The molecule has 0 spiro atoms. The van der Waals surface area contributed by atoms with Crippen LogP contribution in [0.2, 0.25) is 0 Å². The van der Waals surface area contributed by atoms with Gasteiger partial charge in [0.05, 0.1) is 0 Å². The van der Waals surface area contributed by atoms with Gasteiger partial charge in [-0.3, -0.25) is 4.79 Å². The van der Waals surface area contributed by atoms with Crippen LogP contribution in [0.25, 0.3) is 0 Å². The molecule has 2 heterocycles. The molecule has 0 aliphatic carbocycles. The summed E-state index contributed by atoms with van der Waals surface area (Å²) in [6.07, 6.45) is 2.14. The second-order valence-electron chi connectivity index (χ2n) is 7.22. The highest BCUT2D eigenvalue weighted by atomic mass is 16.2. The van der Waals surface area contributed by atoms with Crippen LogP contribution in [0.1, 0.15) is 49.7 Å². The number of carbonyl (C=O) groups excluding carboxylic acids is 1. The quantitative estimate of drug-likeness (QED) is 0.934. The Balaban J connectivity index is 1.76. The van der Waals surface area contributed by atoms with Crippen LogP contribution in [0.3, 0.4) is 0 Å². The summed E-state index contributed by atoms with van der Waals surface area (Å²) in [7, 11) is 0. The first-order valence-electron chi connectivity index (χ1n) is 8.45. The molecule has 1 amide bonds. The lowest BCUT2D eigenvalue weighted by Gasteiger charge is -2.23. The Labute approximate surface area is 143 Å². The molecule has 0 radical (unpaired) electrons. The minimum atomic E-state index is -0.0263. The number of likely N-dealkylation sites (tertiary alicyclic amines) is 1. The Morgan fingerprint density at radius 2 is 1.75 bits per heavy atom. The van der Waals surface area contributed by atoms with E-state index < -0.39 is 0 Å². The molecular weight excluding hydrogens is 300 g/mol. The van der Waals surface area contributed by atoms with Crippen molar-refractivity contribution in [1.82, 2.24) is 15.1 Å². The number of benzene rings is 1. The molecule has 0 saturated carbocycles. The molecule has 1 saturated heterocycles. The number of carbonyl (C=O) groups is 1. The number of amides is 1. The van der Waals surface area contributed by atoms with Crippen molar-refractivity contribution in [3.05, 3.63) is 47.7 Å². The highest BCUT2D eigenvalue weighted by molar-refractivity contribution is 5.92. The number of nitrogens with one attached hydrogen (secondary N) is 1. The molecule has 5 heteroatoms. The van der Waals surface area contributed by atoms with Crippen molar-refractivity contribution >= 4 is 17.4 Å². The zero-order chi connectivity index (χ0) is 17.2. The molecule has 1 N–H and O–H groups in total. The first kappa shape index (κ1) is 16.4. The van der Waals surface area contributed by atoms with E-state index >= 15 is 0 Å². The zero-order valence-corrected chi connectivity index (χ0v) is 14.5. The van der Waals surface area contributed by atoms with Gasteiger partial charge in [0.15, 0.2) is 11.5 Å². The lowest BCUT2D eigenvalue weighted by atomic mass is 9.86. The fourth-order valence-corrected chi connectivity index (χ4v) is 2.98. The molecule has 1 aromatic carbocycles. The van der Waals surface area contributed by atoms with Gasteiger partial charge >= 0.3 is 0 Å². The highest BCUT2D eigenvalue weighted by Crippen LogP contribution is 2.30. The lowest BCUT2D eigenvalue weighted by molar-refractivity contribution is 0.0786. The van der Waals surface area contributed by atoms with Crippen molar-refractivity contribution in [2.75, 3.05) is 18.4 Å². The summed E-state index contributed by atoms with van der Waals surface area (Å²) in [6, 6.07) is 11.7. The lowest BCUT2D eigenvalue weighted by Crippen LogP contribution is -2.28. The normalized spacial score (nSPS) is 14.7. The van der Waals surface area contributed by atoms with Gasteiger partial charge < -0.3 is 10.2 Å². The number of anilines is 2. The van der Waals surface area contributed by atoms with E-state index in [1.807, 2.05) is 29.2 Å². The maximum Gasteiger partial charge on any atom is 0.274 e. The second-order valence-corrected chi connectivity index (χ2v) is 7.22. The number of para-hydroxylation sites is 1. The van der Waals surface area contributed by atoms with Crippen LogP contribution in [0.4, 0.5) is 11.5 Å². The number of aromatic nitrogens is 2. The number of hydrogen-bond donors (Lipinski definition) is 1. The number of hydrogen-bond acceptors (Lipinski definition) is 4. The van der Waals surface area contributed by atoms with E-state index in [1.165, 1.54) is 5.56 Å². The van der Waals surface area contributed by atoms with Gasteiger partial charge in [0.1, 0.15) is 0 Å². The van der Waals surface area contributed by atoms with E-state index in [4.69, 9.17) is 0 Å². The number of nitrogens with zero attached hydrogens (tertiary/aromatic N) is 3. The van der Waals surface area contributed by atoms with E-state index in [0.29, 0.717) is 11.5 Å². The standard InChI is InChI=1S/C19H24N4O/c1-19(2,3)14-8-4-5-9-15(14)20-17-11-10-16(21-22-17)18(24)23-12-6-7-13-23/h4-5,8-11H,6-7,12-13H2,1-3H3,(H,20,22). The molecule has 1 fully saturated rings. The molecule has 3 rings (SSSR count). The first-order chi connectivity index (χ1) is 11.4. The third-order valence-corrected chi connectivity index (χ3v) is 4.27. The van der Waals surface area contributed by atoms with Crippen LogP contribution in [0.5, 0.6) is 0 Å². The van der Waals surface area contributed by atoms with Gasteiger partial charge in [-0.05, 0) is 42.0 Å². The van der Waals surface area contributed by atoms with Crippen molar-refractivity contribution in [2.45, 2.75) is 39.0 Å². The minimum absolute atomic E-state index is 0.0263. The maximum absolute atomic E-state index is 12.3. The Bertz CT molecular complexity index is 713. The number of rotatable bonds is 3. The fraction of sp³-hybridized carbons (Fsp3) is 0.421. The zero-order valence-electron chi connectivity index (χ0n) is 14.5. The molecule has 24 heavy (non-hydrogen) atoms. The van der Waals surface area contributed by atoms with Gasteiger partial charge in [0.2, 0.25) is 0 Å². The molecule has 126 valence electrons. The monoisotopic (exact) mass is 324 g/mol. The van der Waals surface area contributed by atoms with Gasteiger partial charge in [-0.25, -0.2) is 0 Å². The molecule has 1 aliphatic heterocycles. The van der Waals surface area contributed by atoms with E-state index in [0.717, 1.165) is 31.6 Å². The van der Waals surface area contributed by atoms with E-state index in [2.05, 4.69) is 42.4 Å². The fourth-order valence-electron chi connectivity index (χ4n) is 2.98. The summed E-state index contributed by atoms with van der Waals surface area (Å²) in [6.45, 7) is 8.17. The summed E-state index contributed by atoms with van der Waals surface area (Å²) in [5, 5.41) is 11.6. The molecular formula is C19H24N4O. The Morgan fingerprint density at radius 1 is 1.04 bits per heavy atom. The molecule has 0 bridgehead atoms. The Morgan fingerprint density at radius 3 is 2.38 bits per heavy atom. The molecule has 1 aromatic heterocycles. The Kier molecular flexibility index (Phi) is 4.51. The second kappa shape index (κ2) is 6.59. The summed E-state index contributed by atoms with van der Waals surface area (Å²) < 4.78 is 0. The smallest absolute Gasteiger partial charge is 0.274 e.